The molecule has 0 aliphatic carbocycles. The van der Waals surface area contributed by atoms with E-state index in [9.17, 15) is 4.79 Å². The summed E-state index contributed by atoms with van der Waals surface area (Å²) in [4.78, 5) is 44.0. The molecule has 0 aromatic carbocycles. The van der Waals surface area contributed by atoms with E-state index < -0.39 is 5.97 Å². The predicted molar refractivity (Wildman–Crippen MR) is 141 cm³/mol. The van der Waals surface area contributed by atoms with Gasteiger partial charge in [0.2, 0.25) is 11.9 Å². The average molecular weight is 522 g/mol. The first kappa shape index (κ1) is 24.7. The number of carbonyl (C=O) groups is 1. The van der Waals surface area contributed by atoms with Crippen molar-refractivity contribution in [2.75, 3.05) is 55.5 Å². The zero-order valence-corrected chi connectivity index (χ0v) is 21.7. The lowest BCUT2D eigenvalue weighted by molar-refractivity contribution is 0.0525. The Kier molecular flexibility index (Phi) is 7.06. The third kappa shape index (κ3) is 5.27. The molecule has 0 amide bonds. The van der Waals surface area contributed by atoms with Crippen molar-refractivity contribution in [3.8, 4) is 11.4 Å². The van der Waals surface area contributed by atoms with Gasteiger partial charge in [-0.1, -0.05) is 0 Å². The molecule has 0 saturated carbocycles. The van der Waals surface area contributed by atoms with E-state index in [0.29, 0.717) is 43.7 Å². The summed E-state index contributed by atoms with van der Waals surface area (Å²) in [5.41, 5.74) is 8.38. The van der Waals surface area contributed by atoms with Crippen LogP contribution in [0.25, 0.3) is 21.6 Å². The Morgan fingerprint density at radius 3 is 2.62 bits per heavy atom. The van der Waals surface area contributed by atoms with Gasteiger partial charge < -0.3 is 25.0 Å². The number of nitrogens with two attached hydrogens (primary N) is 1. The van der Waals surface area contributed by atoms with Crippen molar-refractivity contribution in [2.45, 2.75) is 20.4 Å². The highest BCUT2D eigenvalue weighted by atomic mass is 32.1. The number of ether oxygens (including phenoxy) is 2. The first-order chi connectivity index (χ1) is 17.9. The lowest BCUT2D eigenvalue weighted by Gasteiger charge is -2.28. The lowest BCUT2D eigenvalue weighted by atomic mass is 10.2. The number of esters is 1. The zero-order chi connectivity index (χ0) is 25.9. The third-order valence-electron chi connectivity index (χ3n) is 5.84. The molecule has 0 unspecified atom stereocenters. The number of hydrogen-bond acceptors (Lipinski definition) is 13. The van der Waals surface area contributed by atoms with Crippen LogP contribution in [0.5, 0.6) is 0 Å². The van der Waals surface area contributed by atoms with Crippen molar-refractivity contribution >= 4 is 45.2 Å². The van der Waals surface area contributed by atoms with Gasteiger partial charge in [-0.15, -0.1) is 11.3 Å². The number of carbonyl (C=O) groups excluding carboxylic acids is 1. The van der Waals surface area contributed by atoms with E-state index in [1.807, 2.05) is 18.9 Å². The number of aryl methyl sites for hydroxylation is 1. The first-order valence-corrected chi connectivity index (χ1v) is 12.7. The van der Waals surface area contributed by atoms with Crippen LogP contribution < -0.4 is 15.5 Å². The topological polar surface area (TPSA) is 145 Å². The number of nitrogen functional groups attached to an aromatic ring is 1. The lowest BCUT2D eigenvalue weighted by Crippen LogP contribution is -2.36. The number of rotatable bonds is 7. The predicted octanol–water partition coefficient (Wildman–Crippen LogP) is 2.48. The molecule has 1 aliphatic rings. The van der Waals surface area contributed by atoms with Crippen molar-refractivity contribution in [2.24, 2.45) is 0 Å². The molecule has 4 aromatic rings. The smallest absolute Gasteiger partial charge is 0.341 e. The van der Waals surface area contributed by atoms with E-state index in [1.165, 1.54) is 12.4 Å². The Morgan fingerprint density at radius 1 is 1.16 bits per heavy atom. The van der Waals surface area contributed by atoms with E-state index in [4.69, 9.17) is 25.2 Å². The Bertz CT molecular complexity index is 1420. The molecule has 13 heteroatoms. The second-order valence-electron chi connectivity index (χ2n) is 8.47. The summed E-state index contributed by atoms with van der Waals surface area (Å²) in [6.07, 6.45) is 4.63. The summed E-state index contributed by atoms with van der Waals surface area (Å²) in [6.45, 7) is 7.27. The van der Waals surface area contributed by atoms with Crippen molar-refractivity contribution in [1.29, 1.82) is 0 Å². The van der Waals surface area contributed by atoms with Crippen LogP contribution >= 0.6 is 11.3 Å². The third-order valence-corrected chi connectivity index (χ3v) is 6.94. The fourth-order valence-corrected chi connectivity index (χ4v) is 5.17. The number of morpholine rings is 1. The number of thiophene rings is 1. The summed E-state index contributed by atoms with van der Waals surface area (Å²) in [5, 5.41) is 0. The summed E-state index contributed by atoms with van der Waals surface area (Å²) in [6, 6.07) is 2.06. The van der Waals surface area contributed by atoms with Crippen molar-refractivity contribution in [3.05, 3.63) is 40.8 Å². The van der Waals surface area contributed by atoms with Crippen LogP contribution in [0.4, 0.5) is 17.7 Å². The van der Waals surface area contributed by atoms with E-state index >= 15 is 0 Å². The van der Waals surface area contributed by atoms with Crippen LogP contribution in [0.3, 0.4) is 0 Å². The zero-order valence-electron chi connectivity index (χ0n) is 20.8. The van der Waals surface area contributed by atoms with E-state index in [-0.39, 0.29) is 5.95 Å². The highest BCUT2D eigenvalue weighted by molar-refractivity contribution is 7.19. The minimum absolute atomic E-state index is 0.217. The maximum atomic E-state index is 11.9. The Hall–Kier alpha value is -3.97. The largest absolute Gasteiger partial charge is 0.462 e. The molecular weight excluding hydrogens is 494 g/mol. The van der Waals surface area contributed by atoms with Gasteiger partial charge in [-0.3, -0.25) is 0 Å². The molecule has 37 heavy (non-hydrogen) atoms. The molecule has 4 aromatic heterocycles. The molecule has 2 N–H and O–H groups in total. The minimum atomic E-state index is -0.437. The van der Waals surface area contributed by atoms with E-state index in [0.717, 1.165) is 45.3 Å². The van der Waals surface area contributed by atoms with Gasteiger partial charge in [0, 0.05) is 43.6 Å². The fraction of sp³-hybridized carbons (Fsp3) is 0.375. The molecule has 5 rings (SSSR count). The normalized spacial score (nSPS) is 13.6. The van der Waals surface area contributed by atoms with E-state index in [2.05, 4.69) is 30.9 Å². The molecule has 1 saturated heterocycles. The Labute approximate surface area is 217 Å². The molecule has 192 valence electrons. The summed E-state index contributed by atoms with van der Waals surface area (Å²) >= 11 is 1.64. The van der Waals surface area contributed by atoms with Gasteiger partial charge in [0.05, 0.1) is 53.4 Å². The van der Waals surface area contributed by atoms with Crippen LogP contribution in [0, 0.1) is 6.92 Å². The molecule has 1 fully saturated rings. The minimum Gasteiger partial charge on any atom is -0.462 e. The van der Waals surface area contributed by atoms with Crippen LogP contribution in [-0.2, 0) is 16.0 Å². The summed E-state index contributed by atoms with van der Waals surface area (Å²) in [7, 11) is 1.90. The van der Waals surface area contributed by atoms with Gasteiger partial charge >= 0.3 is 5.97 Å². The number of aromatic nitrogens is 6. The molecule has 1 aliphatic heterocycles. The van der Waals surface area contributed by atoms with Gasteiger partial charge in [-0.05, 0) is 19.9 Å². The van der Waals surface area contributed by atoms with Crippen LogP contribution in [0.1, 0.15) is 27.9 Å². The Morgan fingerprint density at radius 2 is 1.92 bits per heavy atom. The summed E-state index contributed by atoms with van der Waals surface area (Å²) < 4.78 is 11.6. The number of hydrogen-bond donors (Lipinski definition) is 1. The van der Waals surface area contributed by atoms with E-state index in [1.54, 1.807) is 24.5 Å². The average Bonchev–Trinajstić information content (AvgIpc) is 3.31. The fourth-order valence-electron chi connectivity index (χ4n) is 4.00. The molecular formula is C24H27N9O3S. The monoisotopic (exact) mass is 521 g/mol. The quantitative estimate of drug-likeness (QED) is 0.356. The first-order valence-electron chi connectivity index (χ1n) is 11.9. The van der Waals surface area contributed by atoms with Gasteiger partial charge in [0.15, 0.2) is 11.6 Å². The van der Waals surface area contributed by atoms with Crippen LogP contribution in [0.15, 0.2) is 24.7 Å². The number of nitrogens with zero attached hydrogens (tertiary/aromatic N) is 8. The standard InChI is InChI=1S/C24H27N9O3S/c1-4-36-22(34)15-10-27-24(28-11-15)32(3)13-16-9-18-19(37-16)21(33-5-7-35-8-6-33)31-20(30-18)17-12-26-23(25)29-14(17)2/h9-12H,4-8,13H2,1-3H3,(H2,25,26,29). The SMILES string of the molecule is CCOC(=O)c1cnc(N(C)Cc2cc3nc(-c4cnc(N)nc4C)nc(N4CCOCC4)c3s2)nc1. The van der Waals surface area contributed by atoms with Crippen molar-refractivity contribution < 1.29 is 14.3 Å². The van der Waals surface area contributed by atoms with Gasteiger partial charge in [-0.2, -0.15) is 0 Å². The second-order valence-corrected chi connectivity index (χ2v) is 9.61. The highest BCUT2D eigenvalue weighted by Gasteiger charge is 2.22. The summed E-state index contributed by atoms with van der Waals surface area (Å²) in [5.74, 6) is 1.71. The van der Waals surface area contributed by atoms with Crippen LogP contribution in [-0.4, -0.2) is 75.8 Å². The molecule has 12 nitrogen and oxygen atoms in total. The Balaban J connectivity index is 1.47. The number of anilines is 3. The van der Waals surface area contributed by atoms with Crippen molar-refractivity contribution in [1.82, 2.24) is 29.9 Å². The molecule has 5 heterocycles. The van der Waals surface area contributed by atoms with Gasteiger partial charge in [0.25, 0.3) is 0 Å². The van der Waals surface area contributed by atoms with Crippen LogP contribution in [0.2, 0.25) is 0 Å². The molecule has 0 atom stereocenters. The van der Waals surface area contributed by atoms with Gasteiger partial charge in [-0.25, -0.2) is 34.7 Å². The maximum absolute atomic E-state index is 11.9. The molecule has 0 spiro atoms. The highest BCUT2D eigenvalue weighted by Crippen LogP contribution is 2.35. The van der Waals surface area contributed by atoms with Crippen molar-refractivity contribution in [3.63, 3.8) is 0 Å². The van der Waals surface area contributed by atoms with Gasteiger partial charge in [0.1, 0.15) is 0 Å². The molecule has 0 radical (unpaired) electrons. The number of fused-ring (bicyclic) bond motifs is 1. The maximum Gasteiger partial charge on any atom is 0.341 e. The second kappa shape index (κ2) is 10.6. The molecule has 0 bridgehead atoms.